The zero-order valence-corrected chi connectivity index (χ0v) is 17.5. The second-order valence-corrected chi connectivity index (χ2v) is 9.72. The molecule has 0 unspecified atom stereocenters. The lowest BCUT2D eigenvalue weighted by molar-refractivity contribution is -0.143. The lowest BCUT2D eigenvalue weighted by atomic mass is 9.89. The second kappa shape index (κ2) is 9.61. The Hall–Kier alpha value is -1.51. The molecule has 0 spiro atoms. The van der Waals surface area contributed by atoms with Crippen LogP contribution in [-0.4, -0.2) is 16.2 Å². The fourth-order valence-corrected chi connectivity index (χ4v) is 3.91. The monoisotopic (exact) mass is 374 g/mol. The molecule has 1 aliphatic carbocycles. The number of hydrogen-bond donors (Lipinski definition) is 2. The Morgan fingerprint density at radius 2 is 1.59 bits per heavy atom. The molecule has 1 aromatic rings. The van der Waals surface area contributed by atoms with Gasteiger partial charge in [0, 0.05) is 0 Å². The van der Waals surface area contributed by atoms with Crippen molar-refractivity contribution in [1.82, 2.24) is 0 Å². The van der Waals surface area contributed by atoms with Crippen LogP contribution in [0.5, 0.6) is 5.75 Å². The number of hydrogen-bond acceptors (Lipinski definition) is 2. The van der Waals surface area contributed by atoms with E-state index in [9.17, 15) is 15.0 Å². The molecule has 0 heterocycles. The number of rotatable bonds is 12. The van der Waals surface area contributed by atoms with E-state index < -0.39 is 5.97 Å². The predicted molar refractivity (Wildman–Crippen MR) is 111 cm³/mol. The van der Waals surface area contributed by atoms with Crippen LogP contribution in [0.2, 0.25) is 0 Å². The van der Waals surface area contributed by atoms with E-state index in [-0.39, 0.29) is 5.41 Å². The van der Waals surface area contributed by atoms with Gasteiger partial charge in [-0.3, -0.25) is 4.79 Å². The van der Waals surface area contributed by atoms with Crippen molar-refractivity contribution in [3.05, 3.63) is 29.3 Å². The molecule has 152 valence electrons. The molecule has 27 heavy (non-hydrogen) atoms. The molecule has 0 atom stereocenters. The fraction of sp³-hybridized carbons (Fsp3) is 0.708. The lowest BCUT2D eigenvalue weighted by Crippen LogP contribution is -2.14. The molecule has 0 amide bonds. The molecule has 1 fully saturated rings. The topological polar surface area (TPSA) is 57.5 Å². The van der Waals surface area contributed by atoms with E-state index in [1.54, 1.807) is 6.07 Å². The molecule has 0 saturated heterocycles. The summed E-state index contributed by atoms with van der Waals surface area (Å²) >= 11 is 0. The van der Waals surface area contributed by atoms with Crippen molar-refractivity contribution in [3.63, 3.8) is 0 Å². The zero-order chi connectivity index (χ0) is 19.9. The van der Waals surface area contributed by atoms with E-state index in [1.165, 1.54) is 36.8 Å². The number of carboxylic acids is 1. The SMILES string of the molecule is CC(C)(C)CCCCCc1cc(O)ccc1CCCCCC1(C(=O)O)CC1. The summed E-state index contributed by atoms with van der Waals surface area (Å²) in [5, 5.41) is 19.1. The van der Waals surface area contributed by atoms with Crippen molar-refractivity contribution >= 4 is 5.97 Å². The first-order valence-corrected chi connectivity index (χ1v) is 10.8. The smallest absolute Gasteiger partial charge is 0.309 e. The summed E-state index contributed by atoms with van der Waals surface area (Å²) in [5.41, 5.74) is 2.67. The average Bonchev–Trinajstić information content (AvgIpc) is 3.36. The van der Waals surface area contributed by atoms with Crippen molar-refractivity contribution in [1.29, 1.82) is 0 Å². The lowest BCUT2D eigenvalue weighted by Gasteiger charge is -2.17. The summed E-state index contributed by atoms with van der Waals surface area (Å²) in [6.07, 6.45) is 12.7. The highest BCUT2D eigenvalue weighted by Crippen LogP contribution is 2.50. The van der Waals surface area contributed by atoms with Crippen LogP contribution in [0.3, 0.4) is 0 Å². The van der Waals surface area contributed by atoms with Gasteiger partial charge in [0.05, 0.1) is 5.41 Å². The zero-order valence-electron chi connectivity index (χ0n) is 17.5. The molecule has 0 aromatic heterocycles. The van der Waals surface area contributed by atoms with Crippen molar-refractivity contribution in [2.75, 3.05) is 0 Å². The van der Waals surface area contributed by atoms with Crippen LogP contribution < -0.4 is 0 Å². The minimum Gasteiger partial charge on any atom is -0.508 e. The number of aliphatic carboxylic acids is 1. The van der Waals surface area contributed by atoms with E-state index in [2.05, 4.69) is 26.8 Å². The number of aromatic hydroxyl groups is 1. The predicted octanol–water partition coefficient (Wildman–Crippen LogP) is 6.51. The third-order valence-electron chi connectivity index (χ3n) is 5.97. The highest BCUT2D eigenvalue weighted by Gasteiger charge is 2.49. The van der Waals surface area contributed by atoms with Crippen LogP contribution in [0.4, 0.5) is 0 Å². The van der Waals surface area contributed by atoms with Gasteiger partial charge in [0.15, 0.2) is 0 Å². The summed E-state index contributed by atoms with van der Waals surface area (Å²) in [4.78, 5) is 11.2. The molecule has 0 radical (unpaired) electrons. The summed E-state index contributed by atoms with van der Waals surface area (Å²) in [7, 11) is 0. The van der Waals surface area contributed by atoms with E-state index in [0.717, 1.165) is 51.4 Å². The average molecular weight is 375 g/mol. The van der Waals surface area contributed by atoms with Crippen LogP contribution in [-0.2, 0) is 17.6 Å². The Bertz CT molecular complexity index is 609. The van der Waals surface area contributed by atoms with Gasteiger partial charge in [-0.05, 0) is 80.0 Å². The van der Waals surface area contributed by atoms with E-state index in [4.69, 9.17) is 0 Å². The van der Waals surface area contributed by atoms with Gasteiger partial charge < -0.3 is 10.2 Å². The van der Waals surface area contributed by atoms with Crippen LogP contribution >= 0.6 is 0 Å². The van der Waals surface area contributed by atoms with Gasteiger partial charge in [-0.1, -0.05) is 52.5 Å². The normalized spacial score (nSPS) is 15.7. The van der Waals surface area contributed by atoms with Crippen molar-refractivity contribution < 1.29 is 15.0 Å². The number of aryl methyl sites for hydroxylation is 2. The number of unbranched alkanes of at least 4 members (excludes halogenated alkanes) is 4. The van der Waals surface area contributed by atoms with Gasteiger partial charge in [0.25, 0.3) is 0 Å². The highest BCUT2D eigenvalue weighted by atomic mass is 16.4. The van der Waals surface area contributed by atoms with Crippen LogP contribution in [0.15, 0.2) is 18.2 Å². The Morgan fingerprint density at radius 1 is 0.963 bits per heavy atom. The third-order valence-corrected chi connectivity index (χ3v) is 5.97. The maximum absolute atomic E-state index is 11.2. The van der Waals surface area contributed by atoms with E-state index >= 15 is 0 Å². The highest BCUT2D eigenvalue weighted by molar-refractivity contribution is 5.77. The number of phenols is 1. The summed E-state index contributed by atoms with van der Waals surface area (Å²) < 4.78 is 0. The Labute approximate surface area is 165 Å². The first-order chi connectivity index (χ1) is 12.7. The fourth-order valence-electron chi connectivity index (χ4n) is 3.91. The molecule has 3 nitrogen and oxygen atoms in total. The Morgan fingerprint density at radius 3 is 2.19 bits per heavy atom. The summed E-state index contributed by atoms with van der Waals surface area (Å²) in [5.74, 6) is -0.240. The maximum atomic E-state index is 11.2. The van der Waals surface area contributed by atoms with Crippen molar-refractivity contribution in [2.24, 2.45) is 10.8 Å². The van der Waals surface area contributed by atoms with Crippen LogP contribution in [0.25, 0.3) is 0 Å². The first kappa shape index (κ1) is 21.8. The third kappa shape index (κ3) is 7.56. The van der Waals surface area contributed by atoms with Gasteiger partial charge in [-0.25, -0.2) is 0 Å². The van der Waals surface area contributed by atoms with Gasteiger partial charge in [0.1, 0.15) is 5.75 Å². The molecule has 0 bridgehead atoms. The Balaban J connectivity index is 1.71. The quantitative estimate of drug-likeness (QED) is 0.410. The maximum Gasteiger partial charge on any atom is 0.309 e. The van der Waals surface area contributed by atoms with Crippen molar-refractivity contribution in [3.8, 4) is 5.75 Å². The minimum absolute atomic E-state index is 0.362. The molecular formula is C24H38O3. The molecule has 1 aliphatic rings. The standard InChI is InChI=1S/C24H38O3/c1-23(2,3)14-8-4-7-11-20-18-21(25)13-12-19(20)10-6-5-9-15-24(16-17-24)22(26)27/h12-13,18,25H,4-11,14-17H2,1-3H3,(H,26,27). The van der Waals surface area contributed by atoms with Gasteiger partial charge in [-0.2, -0.15) is 0 Å². The molecule has 3 heteroatoms. The van der Waals surface area contributed by atoms with Gasteiger partial charge in [0.2, 0.25) is 0 Å². The number of carboxylic acid groups (broad SMARTS) is 1. The van der Waals surface area contributed by atoms with Gasteiger partial charge in [-0.15, -0.1) is 0 Å². The molecule has 1 saturated carbocycles. The molecule has 0 aliphatic heterocycles. The number of benzene rings is 1. The van der Waals surface area contributed by atoms with Crippen LogP contribution in [0, 0.1) is 10.8 Å². The van der Waals surface area contributed by atoms with E-state index in [0.29, 0.717) is 11.2 Å². The van der Waals surface area contributed by atoms with Crippen molar-refractivity contribution in [2.45, 2.75) is 97.8 Å². The molecule has 2 N–H and O–H groups in total. The summed E-state index contributed by atoms with van der Waals surface area (Å²) in [6, 6.07) is 5.80. The minimum atomic E-state index is -0.602. The van der Waals surface area contributed by atoms with Gasteiger partial charge >= 0.3 is 5.97 Å². The largest absolute Gasteiger partial charge is 0.508 e. The van der Waals surface area contributed by atoms with Crippen LogP contribution in [0.1, 0.15) is 96.1 Å². The molecule has 2 rings (SSSR count). The second-order valence-electron chi connectivity index (χ2n) is 9.72. The summed E-state index contributed by atoms with van der Waals surface area (Å²) in [6.45, 7) is 6.88. The Kier molecular flexibility index (Phi) is 7.76. The number of carbonyl (C=O) groups is 1. The van der Waals surface area contributed by atoms with E-state index in [1.807, 2.05) is 6.07 Å². The number of phenolic OH excluding ortho intramolecular Hbond substituents is 1. The molecule has 1 aromatic carbocycles. The first-order valence-electron chi connectivity index (χ1n) is 10.8. The molecular weight excluding hydrogens is 336 g/mol.